The number of rotatable bonds is 9. The second-order valence-electron chi connectivity index (χ2n) is 6.25. The van der Waals surface area contributed by atoms with E-state index in [2.05, 4.69) is 47.0 Å². The molecule has 1 aliphatic rings. The number of carbonyl (C=O) groups is 1. The van der Waals surface area contributed by atoms with Crippen molar-refractivity contribution < 1.29 is 9.53 Å². The number of nitrogens with zero attached hydrogens (tertiary/aromatic N) is 2. The lowest BCUT2D eigenvalue weighted by Gasteiger charge is -2.23. The third-order valence-electron chi connectivity index (χ3n) is 4.18. The molecule has 26 heavy (non-hydrogen) atoms. The van der Waals surface area contributed by atoms with Gasteiger partial charge in [0.25, 0.3) is 0 Å². The summed E-state index contributed by atoms with van der Waals surface area (Å²) in [5.74, 6) is 1.41. The van der Waals surface area contributed by atoms with Gasteiger partial charge in [0, 0.05) is 25.0 Å². The highest BCUT2D eigenvalue weighted by Gasteiger charge is 2.32. The Morgan fingerprint density at radius 3 is 2.81 bits per heavy atom. The van der Waals surface area contributed by atoms with E-state index >= 15 is 0 Å². The summed E-state index contributed by atoms with van der Waals surface area (Å²) < 4.78 is 5.01. The molecule has 1 aromatic rings. The van der Waals surface area contributed by atoms with Crippen molar-refractivity contribution in [1.29, 1.82) is 0 Å². The van der Waals surface area contributed by atoms with Crippen LogP contribution in [-0.4, -0.2) is 56.3 Å². The summed E-state index contributed by atoms with van der Waals surface area (Å²) in [7, 11) is 2.06. The summed E-state index contributed by atoms with van der Waals surface area (Å²) >= 11 is 1.78. The number of halogens is 1. The van der Waals surface area contributed by atoms with Crippen LogP contribution in [0.3, 0.4) is 0 Å². The van der Waals surface area contributed by atoms with Crippen molar-refractivity contribution in [3.8, 4) is 0 Å². The highest BCUT2D eigenvalue weighted by Crippen LogP contribution is 2.32. The third kappa shape index (κ3) is 8.11. The fourth-order valence-electron chi connectivity index (χ4n) is 2.63. The van der Waals surface area contributed by atoms with Gasteiger partial charge in [-0.1, -0.05) is 6.07 Å². The molecule has 0 bridgehead atoms. The molecular formula is C18H31IN4O2S. The number of hydrogen-bond donors (Lipinski definition) is 2. The summed E-state index contributed by atoms with van der Waals surface area (Å²) in [5, 5.41) is 8.41. The van der Waals surface area contributed by atoms with E-state index < -0.39 is 0 Å². The number of likely N-dealkylation sites (N-methyl/N-ethyl adjacent to an activating group) is 1. The first kappa shape index (κ1) is 23.0. The first-order valence-electron chi connectivity index (χ1n) is 9.09. The van der Waals surface area contributed by atoms with Crippen molar-refractivity contribution in [2.24, 2.45) is 10.9 Å². The molecule has 0 radical (unpaired) electrons. The topological polar surface area (TPSA) is 66.0 Å². The largest absolute Gasteiger partial charge is 0.450 e. The predicted molar refractivity (Wildman–Crippen MR) is 119 cm³/mol. The molecule has 1 amide bonds. The van der Waals surface area contributed by atoms with E-state index in [0.717, 1.165) is 38.3 Å². The zero-order valence-corrected chi connectivity index (χ0v) is 19.0. The van der Waals surface area contributed by atoms with Crippen LogP contribution in [0.15, 0.2) is 22.5 Å². The zero-order chi connectivity index (χ0) is 18.1. The molecule has 1 unspecified atom stereocenters. The maximum absolute atomic E-state index is 11.7. The summed E-state index contributed by atoms with van der Waals surface area (Å²) in [6.45, 7) is 6.58. The number of amides is 1. The minimum atomic E-state index is -0.342. The molecule has 2 rings (SSSR count). The third-order valence-corrected chi connectivity index (χ3v) is 5.11. The van der Waals surface area contributed by atoms with Crippen molar-refractivity contribution in [3.05, 3.63) is 22.4 Å². The molecule has 1 saturated carbocycles. The van der Waals surface area contributed by atoms with Gasteiger partial charge in [-0.3, -0.25) is 4.99 Å². The summed E-state index contributed by atoms with van der Waals surface area (Å²) in [6, 6.07) is 4.30. The van der Waals surface area contributed by atoms with Crippen LogP contribution >= 0.6 is 35.3 Å². The van der Waals surface area contributed by atoms with Crippen LogP contribution in [0.5, 0.6) is 0 Å². The lowest BCUT2D eigenvalue weighted by molar-refractivity contribution is 0.147. The van der Waals surface area contributed by atoms with Gasteiger partial charge in [0.15, 0.2) is 5.96 Å². The second-order valence-corrected chi connectivity index (χ2v) is 7.29. The van der Waals surface area contributed by atoms with Crippen LogP contribution < -0.4 is 10.6 Å². The fraction of sp³-hybridized carbons (Fsp3) is 0.667. The van der Waals surface area contributed by atoms with Crippen molar-refractivity contribution >= 4 is 47.4 Å². The van der Waals surface area contributed by atoms with Crippen LogP contribution in [0.1, 0.15) is 31.6 Å². The average molecular weight is 494 g/mol. The highest BCUT2D eigenvalue weighted by molar-refractivity contribution is 14.0. The van der Waals surface area contributed by atoms with Gasteiger partial charge in [0.05, 0.1) is 19.2 Å². The maximum atomic E-state index is 11.7. The van der Waals surface area contributed by atoms with E-state index in [4.69, 9.17) is 9.73 Å². The maximum Gasteiger partial charge on any atom is 0.407 e. The number of guanidine groups is 1. The van der Waals surface area contributed by atoms with Gasteiger partial charge in [0.1, 0.15) is 0 Å². The van der Waals surface area contributed by atoms with Crippen molar-refractivity contribution in [1.82, 2.24) is 15.5 Å². The lowest BCUT2D eigenvalue weighted by Crippen LogP contribution is -2.43. The van der Waals surface area contributed by atoms with Crippen LogP contribution in [-0.2, 0) is 11.2 Å². The molecule has 0 saturated heterocycles. The van der Waals surface area contributed by atoms with Gasteiger partial charge in [-0.15, -0.1) is 35.3 Å². The molecule has 6 nitrogen and oxygen atoms in total. The smallest absolute Gasteiger partial charge is 0.407 e. The van der Waals surface area contributed by atoms with Crippen molar-refractivity contribution in [2.75, 3.05) is 33.3 Å². The average Bonchev–Trinajstić information content (AvgIpc) is 3.31. The summed E-state index contributed by atoms with van der Waals surface area (Å²) in [5.41, 5.74) is 0. The van der Waals surface area contributed by atoms with E-state index in [1.54, 1.807) is 11.3 Å². The fourth-order valence-corrected chi connectivity index (χ4v) is 3.33. The Bertz CT molecular complexity index is 549. The molecule has 1 atom stereocenters. The summed E-state index contributed by atoms with van der Waals surface area (Å²) in [6.07, 6.45) is 2.96. The molecule has 1 heterocycles. The molecule has 148 valence electrons. The number of hydrogen-bond acceptors (Lipinski definition) is 4. The number of aliphatic imine (C=N–C) groups is 1. The standard InChI is InChI=1S/C18H30N4O2S.HI/c1-4-19-17(22(3)11-10-15-7-6-12-25-15)20-13-16(14-8-9-14)21-18(23)24-5-2;/h6-7,12,14,16H,4-5,8-11,13H2,1-3H3,(H,19,20)(H,21,23);1H. The van der Waals surface area contributed by atoms with Crippen LogP contribution in [0.4, 0.5) is 4.79 Å². The minimum Gasteiger partial charge on any atom is -0.450 e. The summed E-state index contributed by atoms with van der Waals surface area (Å²) in [4.78, 5) is 20.0. The first-order chi connectivity index (χ1) is 12.1. The van der Waals surface area contributed by atoms with Gasteiger partial charge < -0.3 is 20.3 Å². The van der Waals surface area contributed by atoms with Gasteiger partial charge in [-0.25, -0.2) is 4.79 Å². The molecule has 2 N–H and O–H groups in total. The molecule has 1 aromatic heterocycles. The Morgan fingerprint density at radius 1 is 1.46 bits per heavy atom. The Morgan fingerprint density at radius 2 is 2.23 bits per heavy atom. The van der Waals surface area contributed by atoms with E-state index in [-0.39, 0.29) is 36.1 Å². The number of ether oxygens (including phenoxy) is 1. The molecule has 8 heteroatoms. The van der Waals surface area contributed by atoms with Gasteiger partial charge in [0.2, 0.25) is 0 Å². The van der Waals surface area contributed by atoms with Crippen LogP contribution in [0, 0.1) is 5.92 Å². The predicted octanol–water partition coefficient (Wildman–Crippen LogP) is 3.33. The highest BCUT2D eigenvalue weighted by atomic mass is 127. The SMILES string of the molecule is CCNC(=NCC(NC(=O)OCC)C1CC1)N(C)CCc1cccs1.I. The number of carbonyl (C=O) groups excluding carboxylic acids is 1. The van der Waals surface area contributed by atoms with Gasteiger partial charge in [-0.2, -0.15) is 0 Å². The number of thiophene rings is 1. The Kier molecular flexibility index (Phi) is 11.0. The molecule has 0 aromatic carbocycles. The van der Waals surface area contributed by atoms with Gasteiger partial charge >= 0.3 is 6.09 Å². The Labute approximate surface area is 177 Å². The van der Waals surface area contributed by atoms with E-state index in [1.165, 1.54) is 4.88 Å². The Balaban J connectivity index is 0.00000338. The molecule has 1 aliphatic carbocycles. The lowest BCUT2D eigenvalue weighted by atomic mass is 10.2. The van der Waals surface area contributed by atoms with Crippen LogP contribution in [0.2, 0.25) is 0 Å². The quantitative estimate of drug-likeness (QED) is 0.314. The van der Waals surface area contributed by atoms with Crippen LogP contribution in [0.25, 0.3) is 0 Å². The van der Waals surface area contributed by atoms with E-state index in [1.807, 2.05) is 6.92 Å². The normalized spacial score (nSPS) is 15.0. The van der Waals surface area contributed by atoms with E-state index in [9.17, 15) is 4.79 Å². The second kappa shape index (κ2) is 12.4. The monoisotopic (exact) mass is 494 g/mol. The van der Waals surface area contributed by atoms with Gasteiger partial charge in [-0.05, 0) is 50.5 Å². The minimum absolute atomic E-state index is 0. The number of alkyl carbamates (subject to hydrolysis) is 1. The van der Waals surface area contributed by atoms with Crippen molar-refractivity contribution in [2.45, 2.75) is 39.2 Å². The molecule has 1 fully saturated rings. The Hall–Kier alpha value is -1.03. The molecular weight excluding hydrogens is 463 g/mol. The molecule has 0 spiro atoms. The van der Waals surface area contributed by atoms with Crippen molar-refractivity contribution in [3.63, 3.8) is 0 Å². The van der Waals surface area contributed by atoms with E-state index in [0.29, 0.717) is 19.1 Å². The molecule has 0 aliphatic heterocycles. The number of nitrogens with one attached hydrogen (secondary N) is 2. The first-order valence-corrected chi connectivity index (χ1v) is 9.97. The zero-order valence-electron chi connectivity index (χ0n) is 15.9.